The molecule has 14 heavy (non-hydrogen) atoms. The van der Waals surface area contributed by atoms with E-state index in [9.17, 15) is 9.90 Å². The van der Waals surface area contributed by atoms with Gasteiger partial charge in [-0.25, -0.2) is 0 Å². The number of carboxylic acid groups (broad SMARTS) is 1. The monoisotopic (exact) mass is 206 g/mol. The first-order valence-corrected chi connectivity index (χ1v) is 3.74. The van der Waals surface area contributed by atoms with E-state index in [4.69, 9.17) is 10.2 Å². The molecule has 5 heteroatoms. The molecule has 0 aliphatic rings. The van der Waals surface area contributed by atoms with Gasteiger partial charge in [0.05, 0.1) is 0 Å². The van der Waals surface area contributed by atoms with Crippen LogP contribution in [0.4, 0.5) is 0 Å². The van der Waals surface area contributed by atoms with Crippen LogP contribution >= 0.6 is 0 Å². The number of aromatic hydroxyl groups is 1. The fraction of sp³-hybridized carbons (Fsp3) is 0.222. The maximum Gasteiger partial charge on any atom is 1.00 e. The largest absolute Gasteiger partial charge is 1.00 e. The van der Waals surface area contributed by atoms with E-state index in [0.717, 1.165) is 0 Å². The van der Waals surface area contributed by atoms with Crippen molar-refractivity contribution in [3.8, 4) is 11.5 Å². The van der Waals surface area contributed by atoms with Crippen LogP contribution in [0.15, 0.2) is 24.3 Å². The summed E-state index contributed by atoms with van der Waals surface area (Å²) >= 11 is 0. The van der Waals surface area contributed by atoms with Gasteiger partial charge >= 0.3 is 35.5 Å². The van der Waals surface area contributed by atoms with Gasteiger partial charge in [-0.05, 0) is 12.1 Å². The number of hydrogen-bond acceptors (Lipinski definition) is 3. The second-order valence-corrected chi connectivity index (χ2v) is 2.24. The first-order chi connectivity index (χ1) is 6.06. The third-order valence-corrected chi connectivity index (χ3v) is 1.14. The molecular formula is C9H11NaO4. The molecule has 0 fully saturated rings. The van der Waals surface area contributed by atoms with E-state index in [-0.39, 0.29) is 47.5 Å². The van der Waals surface area contributed by atoms with Crippen LogP contribution in [0.3, 0.4) is 0 Å². The number of benzene rings is 1. The Morgan fingerprint density at radius 1 is 1.36 bits per heavy atom. The summed E-state index contributed by atoms with van der Waals surface area (Å²) in [6, 6.07) is 5.36. The van der Waals surface area contributed by atoms with E-state index in [0.29, 0.717) is 0 Å². The van der Waals surface area contributed by atoms with Crippen molar-refractivity contribution in [2.45, 2.75) is 13.3 Å². The van der Waals surface area contributed by atoms with Crippen LogP contribution in [-0.4, -0.2) is 16.2 Å². The molecule has 2 N–H and O–H groups in total. The van der Waals surface area contributed by atoms with Crippen molar-refractivity contribution in [3.05, 3.63) is 24.3 Å². The summed E-state index contributed by atoms with van der Waals surface area (Å²) in [6.07, 6.45) is 0.222. The van der Waals surface area contributed by atoms with Crippen molar-refractivity contribution in [1.82, 2.24) is 0 Å². The van der Waals surface area contributed by atoms with Crippen molar-refractivity contribution in [1.29, 1.82) is 0 Å². The van der Waals surface area contributed by atoms with Crippen molar-refractivity contribution in [3.63, 3.8) is 0 Å². The molecule has 0 amide bonds. The molecule has 0 radical (unpaired) electrons. The van der Waals surface area contributed by atoms with Crippen molar-refractivity contribution in [2.24, 2.45) is 0 Å². The van der Waals surface area contributed by atoms with Crippen molar-refractivity contribution < 1.29 is 49.7 Å². The van der Waals surface area contributed by atoms with Gasteiger partial charge < -0.3 is 15.3 Å². The van der Waals surface area contributed by atoms with Crippen LogP contribution in [0, 0.1) is 0 Å². The smallest absolute Gasteiger partial charge is 0.872 e. The topological polar surface area (TPSA) is 80.6 Å². The first kappa shape index (κ1) is 15.7. The molecular weight excluding hydrogens is 195 g/mol. The zero-order chi connectivity index (χ0) is 10.3. The molecule has 0 bridgehead atoms. The quantitative estimate of drug-likeness (QED) is 0.518. The molecule has 0 atom stereocenters. The molecule has 0 heterocycles. The molecule has 0 aliphatic carbocycles. The summed E-state index contributed by atoms with van der Waals surface area (Å²) in [6.45, 7) is 1.60. The van der Waals surface area contributed by atoms with Crippen molar-refractivity contribution in [2.75, 3.05) is 0 Å². The van der Waals surface area contributed by atoms with Crippen LogP contribution in [-0.2, 0) is 4.79 Å². The van der Waals surface area contributed by atoms with E-state index >= 15 is 0 Å². The zero-order valence-electron chi connectivity index (χ0n) is 8.23. The molecule has 4 nitrogen and oxygen atoms in total. The van der Waals surface area contributed by atoms with E-state index in [2.05, 4.69) is 0 Å². The Hall–Kier alpha value is -0.710. The Labute approximate surface area is 104 Å². The number of carboxylic acids is 1. The molecule has 0 spiro atoms. The molecule has 0 saturated carbocycles. The molecule has 0 saturated heterocycles. The predicted molar refractivity (Wildman–Crippen MR) is 45.5 cm³/mol. The number of phenols is 1. The third-order valence-electron chi connectivity index (χ3n) is 1.14. The molecule has 0 aliphatic heterocycles. The van der Waals surface area contributed by atoms with E-state index in [1.165, 1.54) is 24.3 Å². The summed E-state index contributed by atoms with van der Waals surface area (Å²) in [4.78, 5) is 9.37. The zero-order valence-corrected chi connectivity index (χ0v) is 10.2. The van der Waals surface area contributed by atoms with E-state index in [1.54, 1.807) is 6.92 Å². The van der Waals surface area contributed by atoms with Gasteiger partial charge in [-0.3, -0.25) is 4.79 Å². The number of hydrogen-bond donors (Lipinski definition) is 2. The van der Waals surface area contributed by atoms with Crippen LogP contribution in [0.1, 0.15) is 13.3 Å². The number of rotatable bonds is 1. The second-order valence-electron chi connectivity index (χ2n) is 2.24. The molecule has 72 valence electrons. The number of carbonyl (C=O) groups is 1. The summed E-state index contributed by atoms with van der Waals surface area (Å²) in [7, 11) is 0. The summed E-state index contributed by atoms with van der Waals surface area (Å²) in [5.74, 6) is -0.697. The van der Waals surface area contributed by atoms with Crippen molar-refractivity contribution >= 4 is 5.97 Å². The van der Waals surface area contributed by atoms with Gasteiger partial charge in [0.15, 0.2) is 0 Å². The van der Waals surface area contributed by atoms with Crippen LogP contribution < -0.4 is 34.7 Å². The Morgan fingerprint density at radius 2 is 1.71 bits per heavy atom. The van der Waals surface area contributed by atoms with Gasteiger partial charge in [-0.1, -0.05) is 19.1 Å². The van der Waals surface area contributed by atoms with Crippen LogP contribution in [0.25, 0.3) is 0 Å². The average Bonchev–Trinajstić information content (AvgIpc) is 2.11. The minimum atomic E-state index is -0.745. The van der Waals surface area contributed by atoms with Gasteiger partial charge in [0.2, 0.25) is 0 Å². The molecule has 1 aromatic carbocycles. The Morgan fingerprint density at radius 3 is 1.93 bits per heavy atom. The summed E-state index contributed by atoms with van der Waals surface area (Å²) < 4.78 is 0. The number of aliphatic carboxylic acids is 1. The second kappa shape index (κ2) is 8.87. The maximum atomic E-state index is 10.3. The van der Waals surface area contributed by atoms with Gasteiger partial charge in [-0.15, -0.1) is 5.75 Å². The SMILES string of the molecule is CCC(=O)O.[Na+].[O-]c1ccc(O)cc1. The fourth-order valence-electron chi connectivity index (χ4n) is 0.446. The fourth-order valence-corrected chi connectivity index (χ4v) is 0.446. The summed E-state index contributed by atoms with van der Waals surface area (Å²) in [5, 5.41) is 26.7. The number of phenolic OH excluding ortho intramolecular Hbond substituents is 1. The normalized spacial score (nSPS) is 7.79. The van der Waals surface area contributed by atoms with Gasteiger partial charge in [-0.2, -0.15) is 0 Å². The molecule has 1 aromatic rings. The third kappa shape index (κ3) is 9.38. The molecule has 0 aromatic heterocycles. The average molecular weight is 206 g/mol. The predicted octanol–water partition coefficient (Wildman–Crippen LogP) is -2.05. The molecule has 1 rings (SSSR count). The Kier molecular flexibility index (Phi) is 9.98. The Balaban J connectivity index is 0. The summed E-state index contributed by atoms with van der Waals surface area (Å²) in [5.41, 5.74) is 0. The van der Waals surface area contributed by atoms with Gasteiger partial charge in [0.25, 0.3) is 0 Å². The minimum absolute atomic E-state index is 0. The van der Waals surface area contributed by atoms with Crippen LogP contribution in [0.2, 0.25) is 0 Å². The Bertz CT molecular complexity index is 237. The van der Waals surface area contributed by atoms with Gasteiger partial charge in [0, 0.05) is 6.42 Å². The van der Waals surface area contributed by atoms with E-state index < -0.39 is 5.97 Å². The van der Waals surface area contributed by atoms with Gasteiger partial charge in [0.1, 0.15) is 5.75 Å². The first-order valence-electron chi connectivity index (χ1n) is 3.74. The van der Waals surface area contributed by atoms with E-state index in [1.807, 2.05) is 0 Å². The van der Waals surface area contributed by atoms with Crippen LogP contribution in [0.5, 0.6) is 11.5 Å². The minimum Gasteiger partial charge on any atom is -0.872 e. The molecule has 0 unspecified atom stereocenters. The maximum absolute atomic E-state index is 10.3. The standard InChI is InChI=1S/C6H6O2.C3H6O2.Na/c7-5-1-2-6(8)4-3-5;1-2-3(4)5;/h1-4,7-8H;2H2,1H3,(H,4,5);/q;;+1/p-1.